The van der Waals surface area contributed by atoms with Gasteiger partial charge in [-0.2, -0.15) is 26.3 Å². The molecule has 0 bridgehead atoms. The Hall–Kier alpha value is -4.42. The number of carbonyl (C=O) groups excluding carboxylic acids is 3. The van der Waals surface area contributed by atoms with Gasteiger partial charge >= 0.3 is 24.3 Å². The van der Waals surface area contributed by atoms with E-state index in [1.54, 1.807) is 0 Å². The van der Waals surface area contributed by atoms with Gasteiger partial charge in [-0.3, -0.25) is 19.3 Å². The summed E-state index contributed by atoms with van der Waals surface area (Å²) < 4.78 is 63.5. The van der Waals surface area contributed by atoms with E-state index in [4.69, 9.17) is 31.4 Å². The van der Waals surface area contributed by atoms with Crippen molar-refractivity contribution in [3.8, 4) is 0 Å². The average Bonchev–Trinajstić information content (AvgIpc) is 3.61. The maximum Gasteiger partial charge on any atom is 0.490 e. The molecular weight excluding hydrogens is 824 g/mol. The Morgan fingerprint density at radius 3 is 1.93 bits per heavy atom. The standard InChI is InChI=1S/C37H52ClN5O3.2C2HF3O2/c1-3-41(4-2)37(46)34(24-28-10-6-5-7-11-28)42-20-22-43(23-21-42)36(45)32(19-16-27-14-17-30(38)18-15-27)40-35(44)25-33-31-13-9-8-12-29(31)26-39-33;2*3-2(4,5)1(6)7/h8-9,12-15,17-18,28,32-34,39H,3-7,10-11,16,19-26H2,1-2H3,(H,40,44);2*(H,6,7). The van der Waals surface area contributed by atoms with Crippen molar-refractivity contribution < 1.29 is 60.5 Å². The molecule has 2 fully saturated rings. The molecule has 12 nitrogen and oxygen atoms in total. The lowest BCUT2D eigenvalue weighted by molar-refractivity contribution is -0.193. The number of carboxylic acid groups (broad SMARTS) is 2. The molecule has 3 amide bonds. The number of aryl methyl sites for hydroxylation is 1. The number of carbonyl (C=O) groups is 5. The molecule has 334 valence electrons. The van der Waals surface area contributed by atoms with Crippen LogP contribution in [0.3, 0.4) is 0 Å². The lowest BCUT2D eigenvalue weighted by Gasteiger charge is -2.42. The van der Waals surface area contributed by atoms with Crippen molar-refractivity contribution in [3.63, 3.8) is 0 Å². The molecule has 1 saturated heterocycles. The van der Waals surface area contributed by atoms with Crippen molar-refractivity contribution in [2.45, 2.75) is 109 Å². The number of nitrogens with zero attached hydrogens (tertiary/aromatic N) is 3. The van der Waals surface area contributed by atoms with Gasteiger partial charge in [-0.05, 0) is 67.9 Å². The Morgan fingerprint density at radius 2 is 1.40 bits per heavy atom. The second-order valence-electron chi connectivity index (χ2n) is 14.9. The number of benzene rings is 2. The van der Waals surface area contributed by atoms with Crippen LogP contribution < -0.4 is 10.6 Å². The minimum Gasteiger partial charge on any atom is -0.475 e. The molecule has 19 heteroatoms. The van der Waals surface area contributed by atoms with E-state index < -0.39 is 30.3 Å². The van der Waals surface area contributed by atoms with Crippen LogP contribution in [0.1, 0.15) is 87.9 Å². The van der Waals surface area contributed by atoms with E-state index >= 15 is 0 Å². The van der Waals surface area contributed by atoms with E-state index in [2.05, 4.69) is 41.5 Å². The molecule has 1 saturated carbocycles. The van der Waals surface area contributed by atoms with Crippen LogP contribution >= 0.6 is 11.6 Å². The third-order valence-corrected chi connectivity index (χ3v) is 11.1. The highest BCUT2D eigenvalue weighted by Crippen LogP contribution is 2.30. The number of hydrogen-bond donors (Lipinski definition) is 4. The number of nitrogens with one attached hydrogen (secondary N) is 2. The minimum atomic E-state index is -5.08. The Bertz CT molecular complexity index is 1690. The average molecular weight is 878 g/mol. The van der Waals surface area contributed by atoms with Gasteiger partial charge in [0.15, 0.2) is 0 Å². The first-order valence-corrected chi connectivity index (χ1v) is 20.4. The summed E-state index contributed by atoms with van der Waals surface area (Å²) in [6, 6.07) is 15.0. The van der Waals surface area contributed by atoms with Crippen LogP contribution in [0.15, 0.2) is 48.5 Å². The number of halogens is 7. The van der Waals surface area contributed by atoms with Crippen LogP contribution in [-0.2, 0) is 36.9 Å². The number of rotatable bonds is 13. The molecule has 3 aliphatic rings. The molecule has 2 aliphatic heterocycles. The molecule has 60 heavy (non-hydrogen) atoms. The molecule has 0 spiro atoms. The van der Waals surface area contributed by atoms with Gasteiger partial charge in [-0.15, -0.1) is 0 Å². The molecule has 0 aromatic heterocycles. The summed E-state index contributed by atoms with van der Waals surface area (Å²) in [4.78, 5) is 65.2. The van der Waals surface area contributed by atoms with Gasteiger partial charge in [0.2, 0.25) is 17.7 Å². The van der Waals surface area contributed by atoms with Crippen molar-refractivity contribution in [3.05, 3.63) is 70.2 Å². The number of aliphatic carboxylic acids is 2. The van der Waals surface area contributed by atoms with E-state index in [9.17, 15) is 40.7 Å². The smallest absolute Gasteiger partial charge is 0.475 e. The lowest BCUT2D eigenvalue weighted by Crippen LogP contribution is -2.59. The maximum atomic E-state index is 14.1. The van der Waals surface area contributed by atoms with Crippen molar-refractivity contribution in [2.24, 2.45) is 5.92 Å². The number of piperazine rings is 1. The molecule has 3 unspecified atom stereocenters. The minimum absolute atomic E-state index is 0.0411. The summed E-state index contributed by atoms with van der Waals surface area (Å²) >= 11 is 6.10. The van der Waals surface area contributed by atoms with Crippen molar-refractivity contribution in [2.75, 3.05) is 39.3 Å². The van der Waals surface area contributed by atoms with Gasteiger partial charge in [0.25, 0.3) is 0 Å². The Morgan fingerprint density at radius 1 is 0.850 bits per heavy atom. The van der Waals surface area contributed by atoms with Crippen LogP contribution in [0.5, 0.6) is 0 Å². The van der Waals surface area contributed by atoms with Crippen LogP contribution in [0.2, 0.25) is 5.02 Å². The molecule has 5 rings (SSSR count). The summed E-state index contributed by atoms with van der Waals surface area (Å²) in [6.45, 7) is 8.71. The third kappa shape index (κ3) is 15.9. The lowest BCUT2D eigenvalue weighted by atomic mass is 9.84. The van der Waals surface area contributed by atoms with E-state index in [1.165, 1.54) is 37.7 Å². The largest absolute Gasteiger partial charge is 0.490 e. The van der Waals surface area contributed by atoms with Crippen LogP contribution in [0, 0.1) is 5.92 Å². The number of fused-ring (bicyclic) bond motifs is 1. The molecule has 4 N–H and O–H groups in total. The van der Waals surface area contributed by atoms with Crippen molar-refractivity contribution >= 4 is 41.3 Å². The van der Waals surface area contributed by atoms with Gasteiger partial charge < -0.3 is 30.6 Å². The van der Waals surface area contributed by atoms with Gasteiger partial charge in [0.05, 0.1) is 6.04 Å². The van der Waals surface area contributed by atoms with Crippen LogP contribution in [-0.4, -0.2) is 118 Å². The van der Waals surface area contributed by atoms with E-state index in [0.29, 0.717) is 63.1 Å². The van der Waals surface area contributed by atoms with Gasteiger partial charge in [0, 0.05) is 63.3 Å². The summed E-state index contributed by atoms with van der Waals surface area (Å²) in [5.74, 6) is -4.86. The van der Waals surface area contributed by atoms with E-state index in [-0.39, 0.29) is 36.2 Å². The summed E-state index contributed by atoms with van der Waals surface area (Å²) in [5.41, 5.74) is 3.45. The number of hydrogen-bond acceptors (Lipinski definition) is 7. The van der Waals surface area contributed by atoms with E-state index in [0.717, 1.165) is 24.1 Å². The van der Waals surface area contributed by atoms with Crippen LogP contribution in [0.25, 0.3) is 0 Å². The Labute approximate surface area is 350 Å². The van der Waals surface area contributed by atoms with Gasteiger partial charge in [0.1, 0.15) is 6.04 Å². The summed E-state index contributed by atoms with van der Waals surface area (Å²) in [7, 11) is 0. The number of carboxylic acids is 2. The van der Waals surface area contributed by atoms with Crippen molar-refractivity contribution in [1.29, 1.82) is 0 Å². The molecule has 2 aromatic rings. The molecule has 2 heterocycles. The zero-order chi connectivity index (χ0) is 44.6. The maximum absolute atomic E-state index is 14.1. The fourth-order valence-corrected chi connectivity index (χ4v) is 7.71. The SMILES string of the molecule is CCN(CC)C(=O)C(CC1CCCCC1)N1CCN(C(=O)C(CCc2ccc(Cl)cc2)NC(=O)CC2NCc3ccccc32)CC1.O=C(O)C(F)(F)F.O=C(O)C(F)(F)F. The monoisotopic (exact) mass is 877 g/mol. The highest BCUT2D eigenvalue weighted by molar-refractivity contribution is 6.30. The first-order valence-electron chi connectivity index (χ1n) is 20.0. The molecule has 3 atom stereocenters. The normalized spacial score (nSPS) is 18.1. The first kappa shape index (κ1) is 49.9. The quantitative estimate of drug-likeness (QED) is 0.163. The first-order chi connectivity index (χ1) is 28.2. The fourth-order valence-electron chi connectivity index (χ4n) is 7.58. The van der Waals surface area contributed by atoms with E-state index in [1.807, 2.05) is 46.2 Å². The second-order valence-corrected chi connectivity index (χ2v) is 15.3. The predicted octanol–water partition coefficient (Wildman–Crippen LogP) is 6.61. The zero-order valence-corrected chi connectivity index (χ0v) is 34.4. The van der Waals surface area contributed by atoms with Gasteiger partial charge in [-0.25, -0.2) is 9.59 Å². The highest BCUT2D eigenvalue weighted by atomic mass is 35.5. The van der Waals surface area contributed by atoms with Crippen LogP contribution in [0.4, 0.5) is 26.3 Å². The molecule has 0 radical (unpaired) electrons. The predicted molar refractivity (Wildman–Crippen MR) is 211 cm³/mol. The molecular formula is C41H54ClF6N5O7. The topological polar surface area (TPSA) is 160 Å². The summed E-state index contributed by atoms with van der Waals surface area (Å²) in [5, 5.41) is 21.5. The summed E-state index contributed by atoms with van der Waals surface area (Å²) in [6.07, 6.45) is -1.60. The number of likely N-dealkylation sites (N-methyl/N-ethyl adjacent to an activating group) is 1. The molecule has 2 aromatic carbocycles. The zero-order valence-electron chi connectivity index (χ0n) is 33.7. The van der Waals surface area contributed by atoms with Crippen molar-refractivity contribution in [1.82, 2.24) is 25.3 Å². The van der Waals surface area contributed by atoms with Gasteiger partial charge in [-0.1, -0.05) is 80.1 Å². The second kappa shape index (κ2) is 23.5. The highest BCUT2D eigenvalue weighted by Gasteiger charge is 2.39. The Kier molecular flexibility index (Phi) is 19.6. The Balaban J connectivity index is 0.000000589. The number of amides is 3. The molecule has 1 aliphatic carbocycles. The number of alkyl halides is 6. The third-order valence-electron chi connectivity index (χ3n) is 10.8. The fraction of sp³-hybridized carbons (Fsp3) is 0.585.